The fourth-order valence-corrected chi connectivity index (χ4v) is 2.75. The Labute approximate surface area is 112 Å². The van der Waals surface area contributed by atoms with Crippen molar-refractivity contribution >= 4 is 0 Å². The lowest BCUT2D eigenvalue weighted by atomic mass is 9.85. The molecule has 3 atom stereocenters. The number of hydrogen-bond acceptors (Lipinski definition) is 4. The first-order chi connectivity index (χ1) is 8.36. The van der Waals surface area contributed by atoms with Gasteiger partial charge in [-0.25, -0.2) is 0 Å². The molecule has 0 amide bonds. The highest BCUT2D eigenvalue weighted by Gasteiger charge is 2.27. The molecular weight excluding hydrogens is 228 g/mol. The zero-order valence-electron chi connectivity index (χ0n) is 12.6. The van der Waals surface area contributed by atoms with Crippen LogP contribution in [0.5, 0.6) is 0 Å². The molecule has 1 heterocycles. The highest BCUT2D eigenvalue weighted by Crippen LogP contribution is 2.22. The summed E-state index contributed by atoms with van der Waals surface area (Å²) in [6, 6.07) is 0.517. The Bertz CT molecular complexity index is 240. The van der Waals surface area contributed by atoms with Gasteiger partial charge in [-0.3, -0.25) is 4.90 Å². The molecular formula is C14H30N2O2. The van der Waals surface area contributed by atoms with Crippen LogP contribution in [-0.4, -0.2) is 61.5 Å². The average Bonchev–Trinajstić information content (AvgIpc) is 2.27. The molecule has 0 spiro atoms. The monoisotopic (exact) mass is 258 g/mol. The van der Waals surface area contributed by atoms with E-state index in [-0.39, 0.29) is 24.2 Å². The first-order valence-electron chi connectivity index (χ1n) is 7.02. The van der Waals surface area contributed by atoms with Gasteiger partial charge < -0.3 is 15.2 Å². The molecule has 1 rings (SSSR count). The average molecular weight is 258 g/mol. The van der Waals surface area contributed by atoms with Crippen LogP contribution in [0.1, 0.15) is 34.1 Å². The summed E-state index contributed by atoms with van der Waals surface area (Å²) >= 11 is 0. The standard InChI is InChI=1S/C14H30N2O2/c1-11-8-16(9-12(10-17)18-11)7-6-13(15-5)14(2,3)4/h11-13,15,17H,6-10H2,1-5H3. The highest BCUT2D eigenvalue weighted by atomic mass is 16.5. The van der Waals surface area contributed by atoms with Crippen LogP contribution in [0.25, 0.3) is 0 Å². The molecule has 3 unspecified atom stereocenters. The van der Waals surface area contributed by atoms with Gasteiger partial charge in [-0.2, -0.15) is 0 Å². The van der Waals surface area contributed by atoms with Gasteiger partial charge in [0.2, 0.25) is 0 Å². The summed E-state index contributed by atoms with van der Waals surface area (Å²) in [5.74, 6) is 0. The lowest BCUT2D eigenvalue weighted by Crippen LogP contribution is -2.49. The number of nitrogens with one attached hydrogen (secondary N) is 1. The van der Waals surface area contributed by atoms with Crippen molar-refractivity contribution in [2.45, 2.75) is 52.4 Å². The Morgan fingerprint density at radius 3 is 2.56 bits per heavy atom. The maximum Gasteiger partial charge on any atom is 0.0936 e. The molecule has 0 aliphatic carbocycles. The van der Waals surface area contributed by atoms with Crippen LogP contribution >= 0.6 is 0 Å². The second-order valence-corrected chi connectivity index (χ2v) is 6.51. The Hall–Kier alpha value is -0.160. The predicted molar refractivity (Wildman–Crippen MR) is 74.8 cm³/mol. The number of aliphatic hydroxyl groups is 1. The van der Waals surface area contributed by atoms with E-state index in [1.807, 2.05) is 7.05 Å². The normalized spacial score (nSPS) is 28.3. The minimum atomic E-state index is -0.0172. The van der Waals surface area contributed by atoms with Gasteiger partial charge in [-0.15, -0.1) is 0 Å². The summed E-state index contributed by atoms with van der Waals surface area (Å²) in [6.45, 7) is 11.9. The summed E-state index contributed by atoms with van der Waals surface area (Å²) < 4.78 is 5.66. The van der Waals surface area contributed by atoms with E-state index >= 15 is 0 Å². The minimum absolute atomic E-state index is 0.0172. The number of hydrogen-bond donors (Lipinski definition) is 2. The molecule has 2 N–H and O–H groups in total. The van der Waals surface area contributed by atoms with Crippen LogP contribution < -0.4 is 5.32 Å². The number of aliphatic hydroxyl groups excluding tert-OH is 1. The fourth-order valence-electron chi connectivity index (χ4n) is 2.75. The van der Waals surface area contributed by atoms with Crippen LogP contribution in [-0.2, 0) is 4.74 Å². The van der Waals surface area contributed by atoms with Gasteiger partial charge in [-0.1, -0.05) is 20.8 Å². The molecule has 0 bridgehead atoms. The molecule has 0 aromatic carbocycles. The summed E-state index contributed by atoms with van der Waals surface area (Å²) in [5, 5.41) is 12.6. The second kappa shape index (κ2) is 6.85. The van der Waals surface area contributed by atoms with Gasteiger partial charge in [0.1, 0.15) is 0 Å². The number of rotatable bonds is 5. The van der Waals surface area contributed by atoms with Crippen molar-refractivity contribution in [1.82, 2.24) is 10.2 Å². The van der Waals surface area contributed by atoms with Crippen molar-refractivity contribution < 1.29 is 9.84 Å². The van der Waals surface area contributed by atoms with Crippen molar-refractivity contribution in [3.8, 4) is 0 Å². The smallest absolute Gasteiger partial charge is 0.0936 e. The van der Waals surface area contributed by atoms with Crippen LogP contribution in [0.3, 0.4) is 0 Å². The zero-order valence-corrected chi connectivity index (χ0v) is 12.6. The van der Waals surface area contributed by atoms with Crippen LogP contribution in [0.15, 0.2) is 0 Å². The van der Waals surface area contributed by atoms with E-state index in [9.17, 15) is 5.11 Å². The quantitative estimate of drug-likeness (QED) is 0.775. The molecule has 1 aliphatic rings. The third kappa shape index (κ3) is 4.84. The Morgan fingerprint density at radius 2 is 2.06 bits per heavy atom. The van der Waals surface area contributed by atoms with Gasteiger partial charge in [0.15, 0.2) is 0 Å². The van der Waals surface area contributed by atoms with Crippen LogP contribution in [0.2, 0.25) is 0 Å². The second-order valence-electron chi connectivity index (χ2n) is 6.51. The van der Waals surface area contributed by atoms with Crippen LogP contribution in [0.4, 0.5) is 0 Å². The SMILES string of the molecule is CNC(CCN1CC(C)OC(CO)C1)C(C)(C)C. The van der Waals surface area contributed by atoms with E-state index in [1.54, 1.807) is 0 Å². The van der Waals surface area contributed by atoms with Gasteiger partial charge in [0.25, 0.3) is 0 Å². The van der Waals surface area contributed by atoms with E-state index in [2.05, 4.69) is 37.9 Å². The third-order valence-corrected chi connectivity index (χ3v) is 3.73. The van der Waals surface area contributed by atoms with Crippen LogP contribution in [0, 0.1) is 5.41 Å². The number of nitrogens with zero attached hydrogens (tertiary/aromatic N) is 1. The maximum absolute atomic E-state index is 9.22. The highest BCUT2D eigenvalue weighted by molar-refractivity contribution is 4.82. The maximum atomic E-state index is 9.22. The van der Waals surface area contributed by atoms with E-state index in [0.29, 0.717) is 6.04 Å². The minimum Gasteiger partial charge on any atom is -0.394 e. The lowest BCUT2D eigenvalue weighted by Gasteiger charge is -2.38. The van der Waals surface area contributed by atoms with E-state index in [0.717, 1.165) is 26.1 Å². The predicted octanol–water partition coefficient (Wildman–Crippen LogP) is 1.09. The summed E-state index contributed by atoms with van der Waals surface area (Å²) in [4.78, 5) is 2.41. The van der Waals surface area contributed by atoms with Crippen molar-refractivity contribution in [3.63, 3.8) is 0 Å². The molecule has 0 aromatic rings. The zero-order chi connectivity index (χ0) is 13.8. The third-order valence-electron chi connectivity index (χ3n) is 3.73. The summed E-state index contributed by atoms with van der Waals surface area (Å²) in [5.41, 5.74) is 0.281. The largest absolute Gasteiger partial charge is 0.394 e. The molecule has 0 aromatic heterocycles. The van der Waals surface area contributed by atoms with Crippen molar-refractivity contribution in [2.75, 3.05) is 33.3 Å². The van der Waals surface area contributed by atoms with E-state index in [1.165, 1.54) is 0 Å². The van der Waals surface area contributed by atoms with Crippen molar-refractivity contribution in [1.29, 1.82) is 0 Å². The molecule has 1 fully saturated rings. The lowest BCUT2D eigenvalue weighted by molar-refractivity contribution is -0.0959. The van der Waals surface area contributed by atoms with Crippen molar-refractivity contribution in [3.05, 3.63) is 0 Å². The first-order valence-corrected chi connectivity index (χ1v) is 7.02. The van der Waals surface area contributed by atoms with Gasteiger partial charge in [0, 0.05) is 19.1 Å². The molecule has 0 saturated carbocycles. The Balaban J connectivity index is 2.42. The summed E-state index contributed by atoms with van der Waals surface area (Å²) in [6.07, 6.45) is 1.33. The van der Waals surface area contributed by atoms with E-state index in [4.69, 9.17) is 4.74 Å². The molecule has 18 heavy (non-hydrogen) atoms. The molecule has 4 heteroatoms. The molecule has 1 aliphatic heterocycles. The molecule has 108 valence electrons. The fraction of sp³-hybridized carbons (Fsp3) is 1.00. The molecule has 0 radical (unpaired) electrons. The Morgan fingerprint density at radius 1 is 1.39 bits per heavy atom. The van der Waals surface area contributed by atoms with Gasteiger partial charge in [-0.05, 0) is 32.4 Å². The van der Waals surface area contributed by atoms with E-state index < -0.39 is 0 Å². The van der Waals surface area contributed by atoms with Gasteiger partial charge in [0.05, 0.1) is 18.8 Å². The molecule has 4 nitrogen and oxygen atoms in total. The number of morpholine rings is 1. The van der Waals surface area contributed by atoms with Gasteiger partial charge >= 0.3 is 0 Å². The molecule has 1 saturated heterocycles. The van der Waals surface area contributed by atoms with Crippen molar-refractivity contribution in [2.24, 2.45) is 5.41 Å². The number of ether oxygens (including phenoxy) is 1. The summed E-state index contributed by atoms with van der Waals surface area (Å²) in [7, 11) is 2.04. The Kier molecular flexibility index (Phi) is 6.05. The first kappa shape index (κ1) is 15.9. The topological polar surface area (TPSA) is 44.7 Å².